The quantitative estimate of drug-likeness (QED) is 0.622. The maximum Gasteiger partial charge on any atom is 0.271 e. The minimum Gasteiger partial charge on any atom is -0.368 e. The van der Waals surface area contributed by atoms with Crippen molar-refractivity contribution >= 4 is 28.9 Å². The molecule has 8 heteroatoms. The van der Waals surface area contributed by atoms with Crippen LogP contribution in [0.3, 0.4) is 0 Å². The summed E-state index contributed by atoms with van der Waals surface area (Å²) in [7, 11) is 0. The lowest BCUT2D eigenvalue weighted by atomic mass is 10.1. The van der Waals surface area contributed by atoms with Gasteiger partial charge in [-0.3, -0.25) is 14.9 Å². The number of rotatable bonds is 3. The Morgan fingerprint density at radius 2 is 2.32 bits per heavy atom. The smallest absolute Gasteiger partial charge is 0.271 e. The molecule has 2 rings (SSSR count). The average molecular weight is 285 g/mol. The number of nitrogens with zero attached hydrogens (tertiary/aromatic N) is 2. The number of nitro groups is 1. The van der Waals surface area contributed by atoms with E-state index in [1.807, 2.05) is 0 Å². The second kappa shape index (κ2) is 5.41. The van der Waals surface area contributed by atoms with E-state index in [9.17, 15) is 14.9 Å². The Morgan fingerprint density at radius 3 is 2.89 bits per heavy atom. The summed E-state index contributed by atoms with van der Waals surface area (Å²) in [6.45, 7) is 1.69. The van der Waals surface area contributed by atoms with Crippen molar-refractivity contribution in [2.75, 3.05) is 24.5 Å². The lowest BCUT2D eigenvalue weighted by Gasteiger charge is -2.36. The van der Waals surface area contributed by atoms with Gasteiger partial charge in [0, 0.05) is 31.8 Å². The molecule has 0 aliphatic carbocycles. The van der Waals surface area contributed by atoms with E-state index in [1.165, 1.54) is 12.1 Å². The molecule has 1 aliphatic heterocycles. The Bertz CT molecular complexity index is 523. The predicted octanol–water partition coefficient (Wildman–Crippen LogP) is 0.512. The van der Waals surface area contributed by atoms with Crippen molar-refractivity contribution in [3.63, 3.8) is 0 Å². The fourth-order valence-corrected chi connectivity index (χ4v) is 2.37. The molecule has 19 heavy (non-hydrogen) atoms. The van der Waals surface area contributed by atoms with Gasteiger partial charge in [-0.2, -0.15) is 0 Å². The van der Waals surface area contributed by atoms with Gasteiger partial charge in [-0.05, 0) is 6.07 Å². The van der Waals surface area contributed by atoms with E-state index in [0.29, 0.717) is 25.3 Å². The van der Waals surface area contributed by atoms with Gasteiger partial charge in [0.05, 0.1) is 15.6 Å². The van der Waals surface area contributed by atoms with Gasteiger partial charge in [0.15, 0.2) is 0 Å². The molecule has 1 aromatic carbocycles. The molecule has 1 atom stereocenters. The fraction of sp³-hybridized carbons (Fsp3) is 0.364. The van der Waals surface area contributed by atoms with Crippen molar-refractivity contribution in [2.24, 2.45) is 5.73 Å². The van der Waals surface area contributed by atoms with Crippen LogP contribution < -0.4 is 16.0 Å². The number of amides is 1. The molecule has 0 spiro atoms. The van der Waals surface area contributed by atoms with Crippen molar-refractivity contribution in [1.29, 1.82) is 0 Å². The number of benzene rings is 1. The van der Waals surface area contributed by atoms with Crippen LogP contribution in [0.4, 0.5) is 11.4 Å². The van der Waals surface area contributed by atoms with Gasteiger partial charge < -0.3 is 16.0 Å². The molecule has 1 aliphatic rings. The Morgan fingerprint density at radius 1 is 1.58 bits per heavy atom. The van der Waals surface area contributed by atoms with Crippen molar-refractivity contribution in [3.05, 3.63) is 33.3 Å². The van der Waals surface area contributed by atoms with E-state index < -0.39 is 16.9 Å². The first-order valence-corrected chi connectivity index (χ1v) is 6.09. The summed E-state index contributed by atoms with van der Waals surface area (Å²) < 4.78 is 0. The van der Waals surface area contributed by atoms with Crippen LogP contribution >= 0.6 is 11.6 Å². The number of nitrogens with one attached hydrogen (secondary N) is 1. The van der Waals surface area contributed by atoms with Crippen LogP contribution in [0.15, 0.2) is 18.2 Å². The third-order valence-corrected chi connectivity index (χ3v) is 3.33. The third kappa shape index (κ3) is 2.77. The minimum absolute atomic E-state index is 0.0838. The van der Waals surface area contributed by atoms with Gasteiger partial charge >= 0.3 is 0 Å². The normalized spacial score (nSPS) is 19.2. The highest BCUT2D eigenvalue weighted by Crippen LogP contribution is 2.31. The van der Waals surface area contributed by atoms with Crippen LogP contribution in [0, 0.1) is 10.1 Å². The number of halogens is 1. The van der Waals surface area contributed by atoms with Crippen LogP contribution in [0.25, 0.3) is 0 Å². The van der Waals surface area contributed by atoms with Gasteiger partial charge in [-0.15, -0.1) is 0 Å². The van der Waals surface area contributed by atoms with Gasteiger partial charge in [0.1, 0.15) is 6.04 Å². The summed E-state index contributed by atoms with van der Waals surface area (Å²) in [5, 5.41) is 14.0. The van der Waals surface area contributed by atoms with E-state index >= 15 is 0 Å². The van der Waals surface area contributed by atoms with Crippen LogP contribution in [0.2, 0.25) is 5.02 Å². The second-order valence-electron chi connectivity index (χ2n) is 4.21. The number of anilines is 1. The molecule has 102 valence electrons. The highest BCUT2D eigenvalue weighted by Gasteiger charge is 2.28. The van der Waals surface area contributed by atoms with Crippen LogP contribution in [0.5, 0.6) is 0 Å². The first-order chi connectivity index (χ1) is 9.00. The summed E-state index contributed by atoms with van der Waals surface area (Å²) in [5.41, 5.74) is 5.85. The Balaban J connectivity index is 2.34. The lowest BCUT2D eigenvalue weighted by molar-refractivity contribution is -0.384. The molecule has 0 aromatic heterocycles. The van der Waals surface area contributed by atoms with Crippen molar-refractivity contribution in [3.8, 4) is 0 Å². The highest BCUT2D eigenvalue weighted by molar-refractivity contribution is 6.33. The Hall–Kier alpha value is -1.86. The maximum absolute atomic E-state index is 11.4. The number of piperazine rings is 1. The number of carbonyl (C=O) groups excluding carboxylic acids is 1. The monoisotopic (exact) mass is 284 g/mol. The van der Waals surface area contributed by atoms with Crippen molar-refractivity contribution < 1.29 is 9.72 Å². The van der Waals surface area contributed by atoms with Crippen molar-refractivity contribution in [1.82, 2.24) is 5.32 Å². The molecule has 3 N–H and O–H groups in total. The van der Waals surface area contributed by atoms with Gasteiger partial charge in [-0.25, -0.2) is 0 Å². The molecular weight excluding hydrogens is 272 g/mol. The first kappa shape index (κ1) is 13.6. The first-order valence-electron chi connectivity index (χ1n) is 5.71. The number of non-ortho nitro benzene ring substituents is 1. The maximum atomic E-state index is 11.4. The predicted molar refractivity (Wildman–Crippen MR) is 71.3 cm³/mol. The third-order valence-electron chi connectivity index (χ3n) is 3.02. The minimum atomic E-state index is -0.515. The topological polar surface area (TPSA) is 102 Å². The SMILES string of the molecule is NC(=O)C1CNCCN1c1ccc([N+](=O)[O-])cc1Cl. The zero-order valence-electron chi connectivity index (χ0n) is 10.0. The van der Waals surface area contributed by atoms with E-state index in [-0.39, 0.29) is 10.7 Å². The lowest BCUT2D eigenvalue weighted by Crippen LogP contribution is -2.57. The van der Waals surface area contributed by atoms with Crippen LogP contribution in [0.1, 0.15) is 0 Å². The van der Waals surface area contributed by atoms with Crippen LogP contribution in [-0.4, -0.2) is 36.5 Å². The number of nitro benzene ring substituents is 1. The molecule has 1 heterocycles. The molecular formula is C11H13ClN4O3. The van der Waals surface area contributed by atoms with E-state index in [1.54, 1.807) is 11.0 Å². The fourth-order valence-electron chi connectivity index (χ4n) is 2.09. The number of carbonyl (C=O) groups is 1. The summed E-state index contributed by atoms with van der Waals surface area (Å²) in [6.07, 6.45) is 0. The average Bonchev–Trinajstić information content (AvgIpc) is 2.38. The molecule has 0 radical (unpaired) electrons. The molecule has 1 unspecified atom stereocenters. The van der Waals surface area contributed by atoms with Gasteiger partial charge in [-0.1, -0.05) is 11.6 Å². The van der Waals surface area contributed by atoms with Gasteiger partial charge in [0.2, 0.25) is 5.91 Å². The van der Waals surface area contributed by atoms with E-state index in [2.05, 4.69) is 5.32 Å². The summed E-state index contributed by atoms with van der Waals surface area (Å²) in [4.78, 5) is 23.3. The number of nitrogens with two attached hydrogens (primary N) is 1. The molecule has 1 aromatic rings. The van der Waals surface area contributed by atoms with E-state index in [4.69, 9.17) is 17.3 Å². The molecule has 0 saturated carbocycles. The zero-order valence-corrected chi connectivity index (χ0v) is 10.8. The molecule has 1 saturated heterocycles. The number of hydrogen-bond acceptors (Lipinski definition) is 5. The van der Waals surface area contributed by atoms with Crippen molar-refractivity contribution in [2.45, 2.75) is 6.04 Å². The highest BCUT2D eigenvalue weighted by atomic mass is 35.5. The zero-order chi connectivity index (χ0) is 14.0. The molecule has 7 nitrogen and oxygen atoms in total. The summed E-state index contributed by atoms with van der Waals surface area (Å²) in [5.74, 6) is -0.457. The second-order valence-corrected chi connectivity index (χ2v) is 4.62. The Labute approximate surface area is 114 Å². The molecule has 0 bridgehead atoms. The molecule has 1 amide bonds. The number of hydrogen-bond donors (Lipinski definition) is 2. The van der Waals surface area contributed by atoms with Crippen LogP contribution in [-0.2, 0) is 4.79 Å². The molecule has 1 fully saturated rings. The summed E-state index contributed by atoms with van der Waals surface area (Å²) in [6, 6.07) is 3.67. The van der Waals surface area contributed by atoms with Gasteiger partial charge in [0.25, 0.3) is 5.69 Å². The largest absolute Gasteiger partial charge is 0.368 e. The van der Waals surface area contributed by atoms with E-state index in [0.717, 1.165) is 0 Å². The Kier molecular flexibility index (Phi) is 3.87. The number of primary amides is 1. The summed E-state index contributed by atoms with van der Waals surface area (Å²) >= 11 is 6.06. The standard InChI is InChI=1S/C11H13ClN4O3/c12-8-5-7(16(18)19)1-2-9(8)15-4-3-14-6-10(15)11(13)17/h1-2,5,10,14H,3-4,6H2,(H2,13,17).